The van der Waals surface area contributed by atoms with E-state index in [1.54, 1.807) is 24.3 Å². The van der Waals surface area contributed by atoms with Crippen LogP contribution in [0.2, 0.25) is 0 Å². The van der Waals surface area contributed by atoms with Crippen LogP contribution in [-0.4, -0.2) is 19.0 Å². The molecule has 2 rings (SSSR count). The number of nitrogens with one attached hydrogen (secondary N) is 2. The summed E-state index contributed by atoms with van der Waals surface area (Å²) >= 11 is 0. The highest BCUT2D eigenvalue weighted by Crippen LogP contribution is 2.08. The maximum atomic E-state index is 11.7. The highest BCUT2D eigenvalue weighted by molar-refractivity contribution is 5.80. The fraction of sp³-hybridized carbons (Fsp3) is 0.222. The largest absolute Gasteiger partial charge is 0.376 e. The third-order valence-corrected chi connectivity index (χ3v) is 3.27. The van der Waals surface area contributed by atoms with Crippen molar-refractivity contribution in [2.24, 2.45) is 0 Å². The average Bonchev–Trinajstić information content (AvgIpc) is 2.58. The van der Waals surface area contributed by atoms with Gasteiger partial charge < -0.3 is 10.6 Å². The number of aryl methyl sites for hydroxylation is 1. The number of hydrogen-bond donors (Lipinski definition) is 2. The first-order valence-corrected chi connectivity index (χ1v) is 7.32. The fourth-order valence-electron chi connectivity index (χ4n) is 2.07. The summed E-state index contributed by atoms with van der Waals surface area (Å²) in [5, 5.41) is 14.6. The van der Waals surface area contributed by atoms with Crippen molar-refractivity contribution in [2.75, 3.05) is 18.4 Å². The van der Waals surface area contributed by atoms with Crippen molar-refractivity contribution in [1.29, 1.82) is 5.26 Å². The molecule has 22 heavy (non-hydrogen) atoms. The minimum atomic E-state index is -0.0302. The lowest BCUT2D eigenvalue weighted by Gasteiger charge is -2.08. The van der Waals surface area contributed by atoms with Crippen LogP contribution in [-0.2, 0) is 11.2 Å². The molecule has 112 valence electrons. The van der Waals surface area contributed by atoms with Gasteiger partial charge in [0.1, 0.15) is 0 Å². The van der Waals surface area contributed by atoms with E-state index in [0.29, 0.717) is 12.1 Å². The molecule has 0 saturated heterocycles. The summed E-state index contributed by atoms with van der Waals surface area (Å²) in [6, 6.07) is 19.3. The summed E-state index contributed by atoms with van der Waals surface area (Å²) in [4.78, 5) is 11.7. The average molecular weight is 293 g/mol. The van der Waals surface area contributed by atoms with Gasteiger partial charge in [0.15, 0.2) is 0 Å². The zero-order chi connectivity index (χ0) is 15.6. The lowest BCUT2D eigenvalue weighted by molar-refractivity contribution is -0.119. The molecule has 0 atom stereocenters. The van der Waals surface area contributed by atoms with E-state index in [0.717, 1.165) is 18.5 Å². The second-order valence-corrected chi connectivity index (χ2v) is 4.98. The summed E-state index contributed by atoms with van der Waals surface area (Å²) in [7, 11) is 0. The fourth-order valence-corrected chi connectivity index (χ4v) is 2.07. The van der Waals surface area contributed by atoms with E-state index in [9.17, 15) is 4.79 Å². The standard InChI is InChI=1S/C18H19N3O/c19-13-16-8-10-17(11-9-16)21-14-18(22)20-12-4-7-15-5-2-1-3-6-15/h1-3,5-6,8-11,21H,4,7,12,14H2,(H,20,22). The molecule has 0 aliphatic carbocycles. The van der Waals surface area contributed by atoms with Crippen LogP contribution in [0.3, 0.4) is 0 Å². The van der Waals surface area contributed by atoms with Crippen LogP contribution in [0.15, 0.2) is 54.6 Å². The highest BCUT2D eigenvalue weighted by atomic mass is 16.1. The molecule has 0 aromatic heterocycles. The second-order valence-electron chi connectivity index (χ2n) is 4.98. The molecule has 1 amide bonds. The predicted molar refractivity (Wildman–Crippen MR) is 87.4 cm³/mol. The first kappa shape index (κ1) is 15.6. The first-order chi connectivity index (χ1) is 10.8. The molecule has 0 aliphatic rings. The van der Waals surface area contributed by atoms with Gasteiger partial charge in [-0.1, -0.05) is 30.3 Å². The Hall–Kier alpha value is -2.80. The van der Waals surface area contributed by atoms with Crippen LogP contribution < -0.4 is 10.6 Å². The highest BCUT2D eigenvalue weighted by Gasteiger charge is 2.01. The summed E-state index contributed by atoms with van der Waals surface area (Å²) in [5.74, 6) is -0.0302. The van der Waals surface area contributed by atoms with Crippen molar-refractivity contribution in [3.63, 3.8) is 0 Å². The summed E-state index contributed by atoms with van der Waals surface area (Å²) in [6.45, 7) is 0.903. The van der Waals surface area contributed by atoms with Crippen molar-refractivity contribution >= 4 is 11.6 Å². The Kier molecular flexibility index (Phi) is 6.01. The van der Waals surface area contributed by atoms with Crippen molar-refractivity contribution in [1.82, 2.24) is 5.32 Å². The minimum absolute atomic E-state index is 0.0302. The lowest BCUT2D eigenvalue weighted by Crippen LogP contribution is -2.30. The topological polar surface area (TPSA) is 64.9 Å². The van der Waals surface area contributed by atoms with Crippen LogP contribution in [0, 0.1) is 11.3 Å². The molecule has 4 nitrogen and oxygen atoms in total. The number of rotatable bonds is 7. The molecule has 2 aromatic rings. The molecule has 0 bridgehead atoms. The van der Waals surface area contributed by atoms with Crippen LogP contribution >= 0.6 is 0 Å². The van der Waals surface area contributed by atoms with Gasteiger partial charge in [-0.15, -0.1) is 0 Å². The van der Waals surface area contributed by atoms with E-state index < -0.39 is 0 Å². The monoisotopic (exact) mass is 293 g/mol. The van der Waals surface area contributed by atoms with E-state index in [-0.39, 0.29) is 12.5 Å². The minimum Gasteiger partial charge on any atom is -0.376 e. The van der Waals surface area contributed by atoms with Gasteiger partial charge in [-0.25, -0.2) is 0 Å². The third kappa shape index (κ3) is 5.29. The van der Waals surface area contributed by atoms with E-state index in [1.807, 2.05) is 18.2 Å². The van der Waals surface area contributed by atoms with E-state index >= 15 is 0 Å². The van der Waals surface area contributed by atoms with Gasteiger partial charge in [0.05, 0.1) is 18.2 Å². The molecule has 0 radical (unpaired) electrons. The molecular weight excluding hydrogens is 274 g/mol. The summed E-state index contributed by atoms with van der Waals surface area (Å²) < 4.78 is 0. The Morgan fingerprint density at radius 2 is 1.77 bits per heavy atom. The van der Waals surface area contributed by atoms with Gasteiger partial charge >= 0.3 is 0 Å². The normalized spacial score (nSPS) is 9.77. The molecular formula is C18H19N3O. The van der Waals surface area contributed by atoms with Crippen molar-refractivity contribution < 1.29 is 4.79 Å². The smallest absolute Gasteiger partial charge is 0.239 e. The van der Waals surface area contributed by atoms with Gasteiger partial charge in [0, 0.05) is 12.2 Å². The molecule has 0 saturated carbocycles. The molecule has 2 aromatic carbocycles. The zero-order valence-electron chi connectivity index (χ0n) is 12.4. The third-order valence-electron chi connectivity index (χ3n) is 3.27. The number of carbonyl (C=O) groups is 1. The van der Waals surface area contributed by atoms with Gasteiger partial charge in [-0.3, -0.25) is 4.79 Å². The number of nitriles is 1. The van der Waals surface area contributed by atoms with Crippen molar-refractivity contribution in [3.8, 4) is 6.07 Å². The summed E-state index contributed by atoms with van der Waals surface area (Å²) in [6.07, 6.45) is 1.89. The Bertz CT molecular complexity index is 630. The SMILES string of the molecule is N#Cc1ccc(NCC(=O)NCCCc2ccccc2)cc1. The molecule has 0 aliphatic heterocycles. The summed E-state index contributed by atoms with van der Waals surface area (Å²) in [5.41, 5.74) is 2.72. The second kappa shape index (κ2) is 8.48. The van der Waals surface area contributed by atoms with Gasteiger partial charge in [0.25, 0.3) is 0 Å². The molecule has 0 heterocycles. The number of nitrogens with zero attached hydrogens (tertiary/aromatic N) is 1. The number of amides is 1. The van der Waals surface area contributed by atoms with Crippen LogP contribution in [0.1, 0.15) is 17.5 Å². The lowest BCUT2D eigenvalue weighted by atomic mass is 10.1. The number of benzene rings is 2. The van der Waals surface area contributed by atoms with Gasteiger partial charge in [0.2, 0.25) is 5.91 Å². The van der Waals surface area contributed by atoms with E-state index in [4.69, 9.17) is 5.26 Å². The van der Waals surface area contributed by atoms with Crippen molar-refractivity contribution in [2.45, 2.75) is 12.8 Å². The number of hydrogen-bond acceptors (Lipinski definition) is 3. The molecule has 0 fully saturated rings. The Morgan fingerprint density at radius 1 is 1.05 bits per heavy atom. The Morgan fingerprint density at radius 3 is 2.45 bits per heavy atom. The van der Waals surface area contributed by atoms with Crippen LogP contribution in [0.25, 0.3) is 0 Å². The molecule has 0 unspecified atom stereocenters. The zero-order valence-corrected chi connectivity index (χ0v) is 12.4. The first-order valence-electron chi connectivity index (χ1n) is 7.32. The maximum absolute atomic E-state index is 11.7. The van der Waals surface area contributed by atoms with Crippen molar-refractivity contribution in [3.05, 3.63) is 65.7 Å². The van der Waals surface area contributed by atoms with Crippen LogP contribution in [0.5, 0.6) is 0 Å². The van der Waals surface area contributed by atoms with Crippen LogP contribution in [0.4, 0.5) is 5.69 Å². The van der Waals surface area contributed by atoms with E-state index in [2.05, 4.69) is 28.8 Å². The number of anilines is 1. The van der Waals surface area contributed by atoms with Gasteiger partial charge in [-0.05, 0) is 42.7 Å². The Labute approximate surface area is 130 Å². The predicted octanol–water partition coefficient (Wildman–Crippen LogP) is 2.72. The molecule has 2 N–H and O–H groups in total. The van der Waals surface area contributed by atoms with E-state index in [1.165, 1.54) is 5.56 Å². The van der Waals surface area contributed by atoms with Gasteiger partial charge in [-0.2, -0.15) is 5.26 Å². The Balaban J connectivity index is 1.62. The molecule has 4 heteroatoms. The quantitative estimate of drug-likeness (QED) is 0.771. The number of carbonyl (C=O) groups excluding carboxylic acids is 1. The maximum Gasteiger partial charge on any atom is 0.239 e. The molecule has 0 spiro atoms.